The van der Waals surface area contributed by atoms with Gasteiger partial charge in [0.15, 0.2) is 0 Å². The van der Waals surface area contributed by atoms with Gasteiger partial charge in [-0.15, -0.1) is 0 Å². The number of anilines is 1. The molecule has 1 aromatic rings. The molecule has 4 nitrogen and oxygen atoms in total. The smallest absolute Gasteiger partial charge is 0.239 e. The van der Waals surface area contributed by atoms with Gasteiger partial charge < -0.3 is 10.6 Å². The minimum atomic E-state index is -1.06. The van der Waals surface area contributed by atoms with Crippen molar-refractivity contribution in [3.05, 3.63) is 29.8 Å². The number of hydrogen-bond acceptors (Lipinski definition) is 2. The second kappa shape index (κ2) is 5.03. The quantitative estimate of drug-likeness (QED) is 0.816. The number of amides is 2. The van der Waals surface area contributed by atoms with Crippen LogP contribution < -0.4 is 10.6 Å². The SMILES string of the molecule is Cc1ccc(NC(=O)C(C)(C)C(=O)NC2CC2)cc1. The molecular formula is C15H20N2O2. The van der Waals surface area contributed by atoms with E-state index in [1.165, 1.54) is 0 Å². The first-order chi connectivity index (χ1) is 8.89. The zero-order chi connectivity index (χ0) is 14.0. The van der Waals surface area contributed by atoms with Gasteiger partial charge in [0.1, 0.15) is 5.41 Å². The van der Waals surface area contributed by atoms with Crippen LogP contribution in [-0.2, 0) is 9.59 Å². The van der Waals surface area contributed by atoms with Crippen LogP contribution in [0.5, 0.6) is 0 Å². The van der Waals surface area contributed by atoms with Gasteiger partial charge in [-0.25, -0.2) is 0 Å². The number of carbonyl (C=O) groups is 2. The van der Waals surface area contributed by atoms with Crippen molar-refractivity contribution in [2.45, 2.75) is 39.7 Å². The second-order valence-electron chi connectivity index (χ2n) is 5.69. The van der Waals surface area contributed by atoms with E-state index in [4.69, 9.17) is 0 Å². The topological polar surface area (TPSA) is 58.2 Å². The number of rotatable bonds is 4. The number of hydrogen-bond donors (Lipinski definition) is 2. The van der Waals surface area contributed by atoms with E-state index in [0.717, 1.165) is 18.4 Å². The third-order valence-corrected chi connectivity index (χ3v) is 3.36. The van der Waals surface area contributed by atoms with Gasteiger partial charge in [-0.1, -0.05) is 17.7 Å². The summed E-state index contributed by atoms with van der Waals surface area (Å²) < 4.78 is 0. The van der Waals surface area contributed by atoms with Crippen LogP contribution in [0.4, 0.5) is 5.69 Å². The van der Waals surface area contributed by atoms with Crippen LogP contribution in [0, 0.1) is 12.3 Å². The average Bonchev–Trinajstić information content (AvgIpc) is 3.15. The van der Waals surface area contributed by atoms with Gasteiger partial charge in [-0.2, -0.15) is 0 Å². The minimum absolute atomic E-state index is 0.209. The van der Waals surface area contributed by atoms with E-state index in [-0.39, 0.29) is 17.9 Å². The molecule has 0 aromatic heterocycles. The van der Waals surface area contributed by atoms with Crippen molar-refractivity contribution in [2.24, 2.45) is 5.41 Å². The maximum Gasteiger partial charge on any atom is 0.239 e. The molecule has 0 radical (unpaired) electrons. The summed E-state index contributed by atoms with van der Waals surface area (Å²) in [4.78, 5) is 24.2. The molecule has 1 fully saturated rings. The van der Waals surface area contributed by atoms with Gasteiger partial charge in [0.05, 0.1) is 0 Å². The highest BCUT2D eigenvalue weighted by molar-refractivity contribution is 6.09. The van der Waals surface area contributed by atoms with Crippen LogP contribution in [0.2, 0.25) is 0 Å². The maximum absolute atomic E-state index is 12.2. The van der Waals surface area contributed by atoms with E-state index in [2.05, 4.69) is 10.6 Å². The zero-order valence-electron chi connectivity index (χ0n) is 11.6. The predicted octanol–water partition coefficient (Wildman–Crippen LogP) is 2.24. The molecule has 0 heterocycles. The third-order valence-electron chi connectivity index (χ3n) is 3.36. The van der Waals surface area contributed by atoms with Crippen molar-refractivity contribution >= 4 is 17.5 Å². The molecule has 2 N–H and O–H groups in total. The lowest BCUT2D eigenvalue weighted by Gasteiger charge is -2.22. The van der Waals surface area contributed by atoms with Crippen LogP contribution >= 0.6 is 0 Å². The van der Waals surface area contributed by atoms with Crippen molar-refractivity contribution in [3.63, 3.8) is 0 Å². The Bertz CT molecular complexity index is 487. The summed E-state index contributed by atoms with van der Waals surface area (Å²) in [5, 5.41) is 5.65. The van der Waals surface area contributed by atoms with Crippen molar-refractivity contribution < 1.29 is 9.59 Å². The first-order valence-electron chi connectivity index (χ1n) is 6.58. The number of aryl methyl sites for hydroxylation is 1. The van der Waals surface area contributed by atoms with Crippen LogP contribution in [0.1, 0.15) is 32.3 Å². The van der Waals surface area contributed by atoms with Gasteiger partial charge in [-0.3, -0.25) is 9.59 Å². The highest BCUT2D eigenvalue weighted by Gasteiger charge is 2.38. The van der Waals surface area contributed by atoms with Crippen LogP contribution in [0.15, 0.2) is 24.3 Å². The molecule has 0 atom stereocenters. The van der Waals surface area contributed by atoms with Crippen molar-refractivity contribution in [1.82, 2.24) is 5.32 Å². The highest BCUT2D eigenvalue weighted by atomic mass is 16.2. The van der Waals surface area contributed by atoms with Gasteiger partial charge in [0.25, 0.3) is 0 Å². The summed E-state index contributed by atoms with van der Waals surface area (Å²) in [7, 11) is 0. The molecule has 0 spiro atoms. The summed E-state index contributed by atoms with van der Waals surface area (Å²) >= 11 is 0. The van der Waals surface area contributed by atoms with E-state index >= 15 is 0 Å². The van der Waals surface area contributed by atoms with Gasteiger partial charge in [0, 0.05) is 11.7 Å². The highest BCUT2D eigenvalue weighted by Crippen LogP contribution is 2.24. The maximum atomic E-state index is 12.2. The Labute approximate surface area is 113 Å². The summed E-state index contributed by atoms with van der Waals surface area (Å²) in [5.74, 6) is -0.492. The summed E-state index contributed by atoms with van der Waals surface area (Å²) in [5.41, 5.74) is 0.777. The molecule has 1 saturated carbocycles. The number of nitrogens with one attached hydrogen (secondary N) is 2. The number of benzene rings is 1. The van der Waals surface area contributed by atoms with Crippen molar-refractivity contribution in [3.8, 4) is 0 Å². The molecule has 4 heteroatoms. The molecule has 102 valence electrons. The average molecular weight is 260 g/mol. The van der Waals surface area contributed by atoms with E-state index in [9.17, 15) is 9.59 Å². The fourth-order valence-corrected chi connectivity index (χ4v) is 1.62. The normalized spacial score (nSPS) is 14.9. The Kier molecular flexibility index (Phi) is 3.60. The molecule has 1 aliphatic rings. The molecule has 2 rings (SSSR count). The van der Waals surface area contributed by atoms with Gasteiger partial charge in [-0.05, 0) is 45.7 Å². The van der Waals surface area contributed by atoms with Crippen LogP contribution in [-0.4, -0.2) is 17.9 Å². The fraction of sp³-hybridized carbons (Fsp3) is 0.467. The predicted molar refractivity (Wildman–Crippen MR) is 74.8 cm³/mol. The molecule has 2 amide bonds. The van der Waals surface area contributed by atoms with E-state index in [1.807, 2.05) is 31.2 Å². The monoisotopic (exact) mass is 260 g/mol. The molecule has 0 saturated heterocycles. The molecule has 1 aliphatic carbocycles. The summed E-state index contributed by atoms with van der Waals surface area (Å²) in [6, 6.07) is 7.78. The van der Waals surface area contributed by atoms with E-state index in [0.29, 0.717) is 5.69 Å². The molecule has 1 aromatic carbocycles. The number of carbonyl (C=O) groups excluding carboxylic acids is 2. The molecule has 0 bridgehead atoms. The van der Waals surface area contributed by atoms with E-state index in [1.54, 1.807) is 13.8 Å². The molecule has 0 unspecified atom stereocenters. The molecule has 19 heavy (non-hydrogen) atoms. The molecule has 0 aliphatic heterocycles. The summed E-state index contributed by atoms with van der Waals surface area (Å²) in [6.45, 7) is 5.28. The lowest BCUT2D eigenvalue weighted by molar-refractivity contribution is -0.138. The Morgan fingerprint density at radius 3 is 2.21 bits per heavy atom. The van der Waals surface area contributed by atoms with E-state index < -0.39 is 5.41 Å². The third kappa shape index (κ3) is 3.34. The first-order valence-corrected chi connectivity index (χ1v) is 6.58. The van der Waals surface area contributed by atoms with Gasteiger partial charge in [0.2, 0.25) is 11.8 Å². The van der Waals surface area contributed by atoms with Crippen LogP contribution in [0.3, 0.4) is 0 Å². The van der Waals surface area contributed by atoms with Gasteiger partial charge >= 0.3 is 0 Å². The molecular weight excluding hydrogens is 240 g/mol. The zero-order valence-corrected chi connectivity index (χ0v) is 11.6. The van der Waals surface area contributed by atoms with Crippen molar-refractivity contribution in [2.75, 3.05) is 5.32 Å². The first kappa shape index (κ1) is 13.6. The fourth-order valence-electron chi connectivity index (χ4n) is 1.62. The van der Waals surface area contributed by atoms with Crippen molar-refractivity contribution in [1.29, 1.82) is 0 Å². The Morgan fingerprint density at radius 2 is 1.68 bits per heavy atom. The largest absolute Gasteiger partial charge is 0.352 e. The summed E-state index contributed by atoms with van der Waals surface area (Å²) in [6.07, 6.45) is 2.03. The Morgan fingerprint density at radius 1 is 1.11 bits per heavy atom. The minimum Gasteiger partial charge on any atom is -0.352 e. The van der Waals surface area contributed by atoms with Crippen LogP contribution in [0.25, 0.3) is 0 Å². The lowest BCUT2D eigenvalue weighted by atomic mass is 9.91. The lowest BCUT2D eigenvalue weighted by Crippen LogP contribution is -2.45. The Hall–Kier alpha value is -1.84. The standard InChI is InChI=1S/C15H20N2O2/c1-10-4-6-11(7-5-10)16-13(18)15(2,3)14(19)17-12-8-9-12/h4-7,12H,8-9H2,1-3H3,(H,16,18)(H,17,19). The Balaban J connectivity index is 2.00. The second-order valence-corrected chi connectivity index (χ2v) is 5.69.